The van der Waals surface area contributed by atoms with Crippen LogP contribution in [-0.4, -0.2) is 47.4 Å². The molecule has 6 nitrogen and oxygen atoms in total. The number of aryl methyl sites for hydroxylation is 1. The zero-order valence-corrected chi connectivity index (χ0v) is 18.8. The van der Waals surface area contributed by atoms with E-state index in [0.717, 1.165) is 49.9 Å². The highest BCUT2D eigenvalue weighted by Gasteiger charge is 2.32. The van der Waals surface area contributed by atoms with Crippen molar-refractivity contribution in [3.05, 3.63) is 16.1 Å². The van der Waals surface area contributed by atoms with Crippen LogP contribution in [0.3, 0.4) is 0 Å². The molecule has 0 aromatic carbocycles. The van der Waals surface area contributed by atoms with Gasteiger partial charge in [-0.05, 0) is 33.1 Å². The molecule has 1 aliphatic carbocycles. The first-order chi connectivity index (χ1) is 12.2. The van der Waals surface area contributed by atoms with Gasteiger partial charge in [-0.2, -0.15) is 0 Å². The van der Waals surface area contributed by atoms with Crippen molar-refractivity contribution in [2.45, 2.75) is 58.5 Å². The fourth-order valence-electron chi connectivity index (χ4n) is 3.66. The second-order valence-corrected chi connectivity index (χ2v) is 8.26. The van der Waals surface area contributed by atoms with E-state index in [4.69, 9.17) is 0 Å². The number of amides is 1. The van der Waals surface area contributed by atoms with Gasteiger partial charge in [0.15, 0.2) is 5.96 Å². The van der Waals surface area contributed by atoms with Crippen LogP contribution in [-0.2, 0) is 11.3 Å². The zero-order chi connectivity index (χ0) is 17.6. The van der Waals surface area contributed by atoms with Gasteiger partial charge in [-0.25, -0.2) is 9.98 Å². The van der Waals surface area contributed by atoms with Crippen LogP contribution >= 0.6 is 35.3 Å². The van der Waals surface area contributed by atoms with Crippen molar-refractivity contribution in [1.29, 1.82) is 0 Å². The molecule has 0 spiro atoms. The van der Waals surface area contributed by atoms with Gasteiger partial charge >= 0.3 is 0 Å². The molecule has 1 saturated carbocycles. The van der Waals surface area contributed by atoms with E-state index in [1.165, 1.54) is 17.7 Å². The lowest BCUT2D eigenvalue weighted by atomic mass is 10.1. The minimum absolute atomic E-state index is 0. The van der Waals surface area contributed by atoms with Crippen LogP contribution in [0.2, 0.25) is 0 Å². The van der Waals surface area contributed by atoms with E-state index in [2.05, 4.69) is 27.5 Å². The van der Waals surface area contributed by atoms with Gasteiger partial charge in [-0.3, -0.25) is 4.79 Å². The fourth-order valence-corrected chi connectivity index (χ4v) is 4.38. The van der Waals surface area contributed by atoms with Gasteiger partial charge in [0, 0.05) is 42.7 Å². The van der Waals surface area contributed by atoms with E-state index < -0.39 is 0 Å². The van der Waals surface area contributed by atoms with Crippen LogP contribution in [0.15, 0.2) is 11.2 Å². The van der Waals surface area contributed by atoms with Crippen molar-refractivity contribution >= 4 is 47.2 Å². The lowest BCUT2D eigenvalue weighted by molar-refractivity contribution is -0.134. The van der Waals surface area contributed by atoms with E-state index in [1.54, 1.807) is 11.3 Å². The number of halogens is 1. The summed E-state index contributed by atoms with van der Waals surface area (Å²) in [4.78, 5) is 24.7. The van der Waals surface area contributed by atoms with Gasteiger partial charge in [0.05, 0.1) is 11.6 Å². The Bertz CT molecular complexity index is 614. The molecule has 146 valence electrons. The number of likely N-dealkylation sites (tertiary alicyclic amines) is 1. The molecule has 2 N–H and O–H groups in total. The molecular weight excluding hydrogens is 461 g/mol. The van der Waals surface area contributed by atoms with Gasteiger partial charge in [-0.1, -0.05) is 12.8 Å². The van der Waals surface area contributed by atoms with Crippen molar-refractivity contribution in [1.82, 2.24) is 20.5 Å². The lowest BCUT2D eigenvalue weighted by Gasteiger charge is -2.21. The average molecular weight is 491 g/mol. The summed E-state index contributed by atoms with van der Waals surface area (Å²) in [6.45, 7) is 7.19. The van der Waals surface area contributed by atoms with E-state index in [9.17, 15) is 4.79 Å². The molecule has 1 saturated heterocycles. The standard InChI is InChI=1S/C18H29N5OS.HI/c1-3-19-18(21-11-16-10-20-13(2)25-16)22-15-8-9-23(12-15)17(24)14-6-4-5-7-14;/h10,14-15H,3-9,11-12H2,1-2H3,(H2,19,21,22);1H. The number of nitrogens with zero attached hydrogens (tertiary/aromatic N) is 3. The zero-order valence-electron chi connectivity index (χ0n) is 15.7. The summed E-state index contributed by atoms with van der Waals surface area (Å²) in [5, 5.41) is 7.87. The minimum Gasteiger partial charge on any atom is -0.357 e. The van der Waals surface area contributed by atoms with Gasteiger partial charge in [-0.15, -0.1) is 35.3 Å². The maximum Gasteiger partial charge on any atom is 0.225 e. The Morgan fingerprint density at radius 2 is 2.15 bits per heavy atom. The van der Waals surface area contributed by atoms with E-state index >= 15 is 0 Å². The highest BCUT2D eigenvalue weighted by atomic mass is 127. The molecule has 1 atom stereocenters. The Balaban J connectivity index is 0.00000243. The third kappa shape index (κ3) is 5.80. The Morgan fingerprint density at radius 3 is 2.81 bits per heavy atom. The van der Waals surface area contributed by atoms with Crippen molar-refractivity contribution in [2.75, 3.05) is 19.6 Å². The first-order valence-electron chi connectivity index (χ1n) is 9.40. The largest absolute Gasteiger partial charge is 0.357 e. The monoisotopic (exact) mass is 491 g/mol. The average Bonchev–Trinajstić information content (AvgIpc) is 3.34. The number of thiazole rings is 1. The highest BCUT2D eigenvalue weighted by molar-refractivity contribution is 14.0. The van der Waals surface area contributed by atoms with Gasteiger partial charge < -0.3 is 15.5 Å². The molecule has 1 aliphatic heterocycles. The number of hydrogen-bond donors (Lipinski definition) is 2. The van der Waals surface area contributed by atoms with Gasteiger partial charge in [0.2, 0.25) is 5.91 Å². The third-order valence-corrected chi connectivity index (χ3v) is 5.85. The number of carbonyl (C=O) groups excluding carboxylic acids is 1. The first kappa shape index (κ1) is 21.4. The summed E-state index contributed by atoms with van der Waals surface area (Å²) in [5.41, 5.74) is 0. The molecule has 8 heteroatoms. The molecule has 1 aromatic heterocycles. The Labute approximate surface area is 177 Å². The van der Waals surface area contributed by atoms with Crippen LogP contribution in [0, 0.1) is 12.8 Å². The molecule has 1 unspecified atom stereocenters. The number of aliphatic imine (C=N–C) groups is 1. The number of aromatic nitrogens is 1. The number of rotatable bonds is 5. The predicted octanol–water partition coefficient (Wildman–Crippen LogP) is 2.92. The summed E-state index contributed by atoms with van der Waals surface area (Å²) >= 11 is 1.68. The van der Waals surface area contributed by atoms with Crippen LogP contribution in [0.1, 0.15) is 48.9 Å². The van der Waals surface area contributed by atoms with E-state index in [0.29, 0.717) is 12.5 Å². The number of hydrogen-bond acceptors (Lipinski definition) is 4. The second-order valence-electron chi connectivity index (χ2n) is 6.94. The molecule has 1 amide bonds. The Kier molecular flexibility index (Phi) is 8.59. The van der Waals surface area contributed by atoms with Crippen LogP contribution in [0.25, 0.3) is 0 Å². The van der Waals surface area contributed by atoms with E-state index in [-0.39, 0.29) is 35.9 Å². The highest BCUT2D eigenvalue weighted by Crippen LogP contribution is 2.27. The summed E-state index contributed by atoms with van der Waals surface area (Å²) < 4.78 is 0. The molecule has 0 radical (unpaired) electrons. The molecular formula is C18H30IN5OS. The molecule has 2 heterocycles. The third-order valence-electron chi connectivity index (χ3n) is 4.95. The predicted molar refractivity (Wildman–Crippen MR) is 117 cm³/mol. The van der Waals surface area contributed by atoms with Crippen molar-refractivity contribution in [3.63, 3.8) is 0 Å². The van der Waals surface area contributed by atoms with Gasteiger partial charge in [0.1, 0.15) is 0 Å². The number of carbonyl (C=O) groups is 1. The van der Waals surface area contributed by atoms with Gasteiger partial charge in [0.25, 0.3) is 0 Å². The maximum absolute atomic E-state index is 12.6. The normalized spacial score (nSPS) is 20.9. The summed E-state index contributed by atoms with van der Waals surface area (Å²) in [5.74, 6) is 1.47. The SMILES string of the molecule is CCNC(=NCc1cnc(C)s1)NC1CCN(C(=O)C2CCCC2)C1.I. The maximum atomic E-state index is 12.6. The molecule has 0 bridgehead atoms. The number of guanidine groups is 1. The molecule has 3 rings (SSSR count). The molecule has 1 aromatic rings. The lowest BCUT2D eigenvalue weighted by Crippen LogP contribution is -2.45. The van der Waals surface area contributed by atoms with Crippen molar-refractivity contribution < 1.29 is 4.79 Å². The summed E-state index contributed by atoms with van der Waals surface area (Å²) in [6.07, 6.45) is 7.45. The van der Waals surface area contributed by atoms with Crippen LogP contribution in [0.5, 0.6) is 0 Å². The summed E-state index contributed by atoms with van der Waals surface area (Å²) in [7, 11) is 0. The topological polar surface area (TPSA) is 69.6 Å². The molecule has 2 aliphatic rings. The Morgan fingerprint density at radius 1 is 1.38 bits per heavy atom. The second kappa shape index (κ2) is 10.4. The van der Waals surface area contributed by atoms with E-state index in [1.807, 2.05) is 18.0 Å². The molecule has 26 heavy (non-hydrogen) atoms. The Hall–Kier alpha value is -0.900. The van der Waals surface area contributed by atoms with Crippen LogP contribution in [0.4, 0.5) is 0 Å². The van der Waals surface area contributed by atoms with Crippen LogP contribution < -0.4 is 10.6 Å². The first-order valence-corrected chi connectivity index (χ1v) is 10.2. The summed E-state index contributed by atoms with van der Waals surface area (Å²) in [6, 6.07) is 0.284. The smallest absolute Gasteiger partial charge is 0.225 e. The van der Waals surface area contributed by atoms with Crippen molar-refractivity contribution in [2.24, 2.45) is 10.9 Å². The molecule has 2 fully saturated rings. The van der Waals surface area contributed by atoms with Crippen molar-refractivity contribution in [3.8, 4) is 0 Å². The quantitative estimate of drug-likeness (QED) is 0.378. The fraction of sp³-hybridized carbons (Fsp3) is 0.722. The minimum atomic E-state index is 0. The number of nitrogens with one attached hydrogen (secondary N) is 2.